The quantitative estimate of drug-likeness (QED) is 0.866. The first-order valence-corrected chi connectivity index (χ1v) is 8.02. The average Bonchev–Trinajstić information content (AvgIpc) is 2.71. The van der Waals surface area contributed by atoms with E-state index in [2.05, 4.69) is 4.98 Å². The number of aromatic amines is 1. The summed E-state index contributed by atoms with van der Waals surface area (Å²) in [4.78, 5) is 31.7. The Bertz CT molecular complexity index is 670. The van der Waals surface area contributed by atoms with Gasteiger partial charge in [-0.1, -0.05) is 0 Å². The van der Waals surface area contributed by atoms with E-state index in [9.17, 15) is 18.4 Å². The van der Waals surface area contributed by atoms with Gasteiger partial charge in [0.15, 0.2) is 0 Å². The summed E-state index contributed by atoms with van der Waals surface area (Å²) < 4.78 is 27.6. The van der Waals surface area contributed by atoms with Crippen molar-refractivity contribution in [2.45, 2.75) is 24.4 Å². The molecule has 1 N–H and O–H groups in total. The predicted molar refractivity (Wildman–Crippen MR) is 85.4 cm³/mol. The highest BCUT2D eigenvalue weighted by Crippen LogP contribution is 2.35. The molecule has 2 fully saturated rings. The summed E-state index contributed by atoms with van der Waals surface area (Å²) in [5.41, 5.74) is -0.336. The van der Waals surface area contributed by atoms with Crippen molar-refractivity contribution in [3.63, 3.8) is 0 Å². The molecule has 2 aliphatic heterocycles. The first-order valence-electron chi connectivity index (χ1n) is 8.02. The Kier molecular flexibility index (Phi) is 4.44. The second kappa shape index (κ2) is 6.25. The number of aromatic nitrogens is 1. The van der Waals surface area contributed by atoms with Gasteiger partial charge in [-0.05, 0) is 26.2 Å². The van der Waals surface area contributed by atoms with Crippen LogP contribution in [0.5, 0.6) is 0 Å². The summed E-state index contributed by atoms with van der Waals surface area (Å²) >= 11 is 0. The normalized spacial score (nSPS) is 24.4. The van der Waals surface area contributed by atoms with E-state index in [0.717, 1.165) is 0 Å². The lowest BCUT2D eigenvalue weighted by Gasteiger charge is -2.46. The maximum absolute atomic E-state index is 13.8. The van der Waals surface area contributed by atoms with E-state index in [1.165, 1.54) is 12.3 Å². The van der Waals surface area contributed by atoms with E-state index < -0.39 is 11.5 Å². The third-order valence-corrected chi connectivity index (χ3v) is 4.66. The number of hydrogen-bond acceptors (Lipinski definition) is 4. The van der Waals surface area contributed by atoms with Crippen LogP contribution in [0.25, 0.3) is 0 Å². The summed E-state index contributed by atoms with van der Waals surface area (Å²) in [6.45, 7) is 1.07. The zero-order valence-corrected chi connectivity index (χ0v) is 13.8. The van der Waals surface area contributed by atoms with E-state index in [4.69, 9.17) is 0 Å². The number of nitrogens with one attached hydrogen (secondary N) is 1. The van der Waals surface area contributed by atoms with Gasteiger partial charge < -0.3 is 14.8 Å². The van der Waals surface area contributed by atoms with E-state index in [1.807, 2.05) is 23.9 Å². The van der Waals surface area contributed by atoms with Crippen LogP contribution in [0, 0.1) is 0 Å². The molecule has 6 nitrogen and oxygen atoms in total. The number of hydrogen-bond donors (Lipinski definition) is 1. The van der Waals surface area contributed by atoms with Gasteiger partial charge in [0.25, 0.3) is 17.4 Å². The SMILES string of the molecule is CN(C)C[C@@H]1CC(F)(F)CN1C1CN(C(=O)c2ccc[nH]c2=O)C1. The van der Waals surface area contributed by atoms with Crippen LogP contribution >= 0.6 is 0 Å². The number of carbonyl (C=O) groups is 1. The van der Waals surface area contributed by atoms with E-state index >= 15 is 0 Å². The zero-order chi connectivity index (χ0) is 17.5. The van der Waals surface area contributed by atoms with Gasteiger partial charge >= 0.3 is 0 Å². The fourth-order valence-electron chi connectivity index (χ4n) is 3.53. The number of likely N-dealkylation sites (N-methyl/N-ethyl adjacent to an activating group) is 1. The summed E-state index contributed by atoms with van der Waals surface area (Å²) in [6, 6.07) is 2.79. The number of nitrogens with zero attached hydrogens (tertiary/aromatic N) is 3. The van der Waals surface area contributed by atoms with Gasteiger partial charge in [0.05, 0.1) is 6.54 Å². The molecule has 3 heterocycles. The molecule has 0 bridgehead atoms. The number of pyridine rings is 1. The molecule has 132 valence electrons. The second-order valence-corrected chi connectivity index (χ2v) is 6.93. The van der Waals surface area contributed by atoms with Crippen LogP contribution in [0.15, 0.2) is 23.1 Å². The van der Waals surface area contributed by atoms with Crippen LogP contribution in [0.1, 0.15) is 16.8 Å². The second-order valence-electron chi connectivity index (χ2n) is 6.93. The van der Waals surface area contributed by atoms with Gasteiger partial charge in [0.2, 0.25) is 0 Å². The Morgan fingerprint density at radius 1 is 1.42 bits per heavy atom. The Morgan fingerprint density at radius 3 is 2.75 bits per heavy atom. The molecule has 0 saturated carbocycles. The molecule has 0 spiro atoms. The van der Waals surface area contributed by atoms with Gasteiger partial charge in [-0.15, -0.1) is 0 Å². The Morgan fingerprint density at radius 2 is 2.12 bits per heavy atom. The highest BCUT2D eigenvalue weighted by molar-refractivity contribution is 5.94. The monoisotopic (exact) mass is 340 g/mol. The van der Waals surface area contributed by atoms with Gasteiger partial charge in [-0.25, -0.2) is 8.78 Å². The van der Waals surface area contributed by atoms with Gasteiger partial charge in [0.1, 0.15) is 5.56 Å². The molecule has 1 amide bonds. The van der Waals surface area contributed by atoms with Crippen molar-refractivity contribution in [1.29, 1.82) is 0 Å². The molecule has 2 saturated heterocycles. The Hall–Kier alpha value is -1.80. The molecular weight excluding hydrogens is 318 g/mol. The molecule has 1 aromatic rings. The third kappa shape index (κ3) is 3.34. The molecule has 1 aromatic heterocycles. The standard InChI is InChI=1S/C16H22F2N4O2/c1-20(2)7-11-6-16(17,18)10-22(11)12-8-21(9-12)15(24)13-4-3-5-19-14(13)23/h3-5,11-12H,6-10H2,1-2H3,(H,19,23)/t11-/m0/s1. The highest BCUT2D eigenvalue weighted by Gasteiger charge is 2.50. The topological polar surface area (TPSA) is 59.6 Å². The van der Waals surface area contributed by atoms with Crippen molar-refractivity contribution in [1.82, 2.24) is 19.7 Å². The number of carbonyl (C=O) groups excluding carboxylic acids is 1. The van der Waals surface area contributed by atoms with Crippen LogP contribution in [-0.2, 0) is 0 Å². The molecule has 0 radical (unpaired) electrons. The lowest BCUT2D eigenvalue weighted by molar-refractivity contribution is -0.0115. The number of halogens is 2. The van der Waals surface area contributed by atoms with Gasteiger partial charge in [-0.2, -0.15) is 0 Å². The van der Waals surface area contributed by atoms with Crippen molar-refractivity contribution >= 4 is 5.91 Å². The summed E-state index contributed by atoms with van der Waals surface area (Å²) in [7, 11) is 3.74. The third-order valence-electron chi connectivity index (χ3n) is 4.66. The lowest BCUT2D eigenvalue weighted by atomic mass is 10.0. The maximum atomic E-state index is 13.8. The molecule has 0 aliphatic carbocycles. The molecule has 2 aliphatic rings. The molecule has 3 rings (SSSR count). The maximum Gasteiger partial charge on any atom is 0.262 e. The van der Waals surface area contributed by atoms with Crippen molar-refractivity contribution < 1.29 is 13.6 Å². The molecular formula is C16H22F2N4O2. The van der Waals surface area contributed by atoms with Crippen LogP contribution in [0.2, 0.25) is 0 Å². The minimum absolute atomic E-state index is 0.0740. The fraction of sp³-hybridized carbons (Fsp3) is 0.625. The first-order chi connectivity index (χ1) is 11.3. The summed E-state index contributed by atoms with van der Waals surface area (Å²) in [5, 5.41) is 0. The van der Waals surface area contributed by atoms with Crippen LogP contribution in [0.4, 0.5) is 8.78 Å². The van der Waals surface area contributed by atoms with Crippen molar-refractivity contribution in [2.24, 2.45) is 0 Å². The minimum atomic E-state index is -2.68. The van der Waals surface area contributed by atoms with E-state index in [1.54, 1.807) is 11.0 Å². The number of rotatable bonds is 4. The highest BCUT2D eigenvalue weighted by atomic mass is 19.3. The van der Waals surface area contributed by atoms with Crippen molar-refractivity contribution in [2.75, 3.05) is 40.3 Å². The number of amides is 1. The zero-order valence-electron chi connectivity index (χ0n) is 13.8. The molecule has 0 aromatic carbocycles. The van der Waals surface area contributed by atoms with Crippen molar-refractivity contribution in [3.8, 4) is 0 Å². The smallest absolute Gasteiger partial charge is 0.262 e. The van der Waals surface area contributed by atoms with E-state index in [-0.39, 0.29) is 36.5 Å². The predicted octanol–water partition coefficient (Wildman–Crippen LogP) is 0.470. The Balaban J connectivity index is 1.64. The molecule has 1 atom stereocenters. The van der Waals surface area contributed by atoms with Crippen LogP contribution in [-0.4, -0.2) is 83.9 Å². The van der Waals surface area contributed by atoms with Gasteiger partial charge in [0, 0.05) is 44.3 Å². The largest absolute Gasteiger partial charge is 0.335 e. The first kappa shape index (κ1) is 17.0. The van der Waals surface area contributed by atoms with E-state index in [0.29, 0.717) is 19.6 Å². The number of alkyl halides is 2. The van der Waals surface area contributed by atoms with Gasteiger partial charge in [-0.3, -0.25) is 14.5 Å². The summed E-state index contributed by atoms with van der Waals surface area (Å²) in [6.07, 6.45) is 1.32. The fourth-order valence-corrected chi connectivity index (χ4v) is 3.53. The number of H-pyrrole nitrogens is 1. The number of likely N-dealkylation sites (tertiary alicyclic amines) is 2. The molecule has 0 unspecified atom stereocenters. The minimum Gasteiger partial charge on any atom is -0.335 e. The summed E-state index contributed by atoms with van der Waals surface area (Å²) in [5.74, 6) is -3.02. The Labute approximate surface area is 139 Å². The van der Waals surface area contributed by atoms with Crippen LogP contribution in [0.3, 0.4) is 0 Å². The molecule has 8 heteroatoms. The average molecular weight is 340 g/mol. The molecule has 24 heavy (non-hydrogen) atoms. The van der Waals surface area contributed by atoms with Crippen LogP contribution < -0.4 is 5.56 Å². The lowest BCUT2D eigenvalue weighted by Crippen LogP contribution is -2.63. The van der Waals surface area contributed by atoms with Crippen molar-refractivity contribution in [3.05, 3.63) is 34.2 Å².